The zero-order valence-electron chi connectivity index (χ0n) is 14.3. The normalized spacial score (nSPS) is 13.9. The number of carboxylic acids is 1. The Balaban J connectivity index is 1.72. The first-order valence-corrected chi connectivity index (χ1v) is 9.11. The number of benzene rings is 2. The van der Waals surface area contributed by atoms with Crippen LogP contribution in [0.15, 0.2) is 40.9 Å². The summed E-state index contributed by atoms with van der Waals surface area (Å²) in [5, 5.41) is 12.0. The minimum Gasteiger partial charge on any atom is -0.489 e. The van der Waals surface area contributed by atoms with Crippen LogP contribution in [0.4, 0.5) is 18.9 Å². The molecule has 2 aromatic rings. The fourth-order valence-corrected chi connectivity index (χ4v) is 3.11. The van der Waals surface area contributed by atoms with Gasteiger partial charge in [-0.1, -0.05) is 22.0 Å². The summed E-state index contributed by atoms with van der Waals surface area (Å²) in [6, 6.07) is 7.73. The van der Waals surface area contributed by atoms with Crippen molar-refractivity contribution in [2.45, 2.75) is 25.6 Å². The van der Waals surface area contributed by atoms with Gasteiger partial charge in [-0.3, -0.25) is 4.79 Å². The number of amides is 1. The number of nitrogens with one attached hydrogen (secondary N) is 1. The molecule has 1 amide bonds. The molecule has 0 radical (unpaired) electrons. The molecule has 0 heterocycles. The highest BCUT2D eigenvalue weighted by molar-refractivity contribution is 9.10. The van der Waals surface area contributed by atoms with E-state index < -0.39 is 17.7 Å². The maximum atomic E-state index is 12.8. The van der Waals surface area contributed by atoms with Crippen LogP contribution in [0.3, 0.4) is 0 Å². The van der Waals surface area contributed by atoms with E-state index in [0.29, 0.717) is 5.56 Å². The van der Waals surface area contributed by atoms with Gasteiger partial charge in [0.05, 0.1) is 16.8 Å². The van der Waals surface area contributed by atoms with Crippen LogP contribution in [0.25, 0.3) is 0 Å². The van der Waals surface area contributed by atoms with E-state index in [2.05, 4.69) is 21.2 Å². The van der Waals surface area contributed by atoms with Gasteiger partial charge in [-0.25, -0.2) is 4.79 Å². The number of carbonyl (C=O) groups is 2. The van der Waals surface area contributed by atoms with E-state index in [1.165, 1.54) is 24.3 Å². The highest BCUT2D eigenvalue weighted by atomic mass is 79.9. The van der Waals surface area contributed by atoms with E-state index in [1.54, 1.807) is 6.07 Å². The van der Waals surface area contributed by atoms with Gasteiger partial charge in [0, 0.05) is 10.4 Å². The van der Waals surface area contributed by atoms with Gasteiger partial charge in [0.1, 0.15) is 12.4 Å². The van der Waals surface area contributed by atoms with Gasteiger partial charge in [-0.05, 0) is 48.7 Å². The molecule has 0 aliphatic heterocycles. The van der Waals surface area contributed by atoms with Crippen molar-refractivity contribution in [2.75, 3.05) is 5.32 Å². The standard InChI is InChI=1S/C19H15BrF3NO4/c20-15-8-12(4-5-14(15)19(21,22)23)28-9-10-1-6-16(13(7-10)18(26)27)24-17(25)11-2-3-11/h1,4-8,11H,2-3,9H2,(H,24,25)(H,26,27). The van der Waals surface area contributed by atoms with Gasteiger partial charge in [0.25, 0.3) is 0 Å². The Labute approximate surface area is 166 Å². The summed E-state index contributed by atoms with van der Waals surface area (Å²) in [5.41, 5.74) is -0.198. The predicted octanol–water partition coefficient (Wildman–Crippen LogP) is 5.09. The molecule has 0 aromatic heterocycles. The zero-order chi connectivity index (χ0) is 20.5. The molecule has 1 aliphatic rings. The second kappa shape index (κ2) is 7.83. The predicted molar refractivity (Wildman–Crippen MR) is 98.2 cm³/mol. The van der Waals surface area contributed by atoms with Crippen molar-refractivity contribution >= 4 is 33.5 Å². The Kier molecular flexibility index (Phi) is 5.64. The largest absolute Gasteiger partial charge is 0.489 e. The molecule has 28 heavy (non-hydrogen) atoms. The summed E-state index contributed by atoms with van der Waals surface area (Å²) >= 11 is 2.87. The third-order valence-electron chi connectivity index (χ3n) is 4.17. The molecule has 2 aromatic carbocycles. The SMILES string of the molecule is O=C(O)c1cc(COc2ccc(C(F)(F)F)c(Br)c2)ccc1NC(=O)C1CC1. The van der Waals surface area contributed by atoms with E-state index in [-0.39, 0.29) is 39.9 Å². The number of anilines is 1. The Morgan fingerprint density at radius 2 is 1.89 bits per heavy atom. The highest BCUT2D eigenvalue weighted by Gasteiger charge is 2.33. The van der Waals surface area contributed by atoms with Crippen LogP contribution >= 0.6 is 15.9 Å². The van der Waals surface area contributed by atoms with Crippen molar-refractivity contribution in [1.29, 1.82) is 0 Å². The number of carbonyl (C=O) groups excluding carboxylic acids is 1. The van der Waals surface area contributed by atoms with Gasteiger partial charge in [0.15, 0.2) is 0 Å². The van der Waals surface area contributed by atoms with Gasteiger partial charge < -0.3 is 15.2 Å². The van der Waals surface area contributed by atoms with Crippen molar-refractivity contribution in [2.24, 2.45) is 5.92 Å². The van der Waals surface area contributed by atoms with Gasteiger partial charge >= 0.3 is 12.1 Å². The van der Waals surface area contributed by atoms with Crippen molar-refractivity contribution in [3.63, 3.8) is 0 Å². The number of rotatable bonds is 6. The average Bonchev–Trinajstić information content (AvgIpc) is 3.44. The summed E-state index contributed by atoms with van der Waals surface area (Å²) in [6.45, 7) is -0.0467. The molecule has 1 saturated carbocycles. The first-order chi connectivity index (χ1) is 13.1. The molecular weight excluding hydrogens is 443 g/mol. The van der Waals surface area contributed by atoms with Gasteiger partial charge in [-0.2, -0.15) is 13.2 Å². The Bertz CT molecular complexity index is 926. The summed E-state index contributed by atoms with van der Waals surface area (Å²) in [4.78, 5) is 23.3. The van der Waals surface area contributed by atoms with Gasteiger partial charge in [-0.15, -0.1) is 0 Å². The maximum absolute atomic E-state index is 12.8. The molecule has 1 fully saturated rings. The molecule has 0 unspecified atom stereocenters. The van der Waals surface area contributed by atoms with Crippen molar-refractivity contribution in [3.8, 4) is 5.75 Å². The van der Waals surface area contributed by atoms with Crippen LogP contribution in [0.1, 0.15) is 34.3 Å². The fourth-order valence-electron chi connectivity index (χ4n) is 2.53. The number of hydrogen-bond acceptors (Lipinski definition) is 3. The molecule has 0 bridgehead atoms. The summed E-state index contributed by atoms with van der Waals surface area (Å²) in [5.74, 6) is -1.28. The third-order valence-corrected chi connectivity index (χ3v) is 4.83. The van der Waals surface area contributed by atoms with Crippen LogP contribution in [0, 0.1) is 5.92 Å². The molecule has 0 atom stereocenters. The lowest BCUT2D eigenvalue weighted by atomic mass is 10.1. The topological polar surface area (TPSA) is 75.6 Å². The van der Waals surface area contributed by atoms with Crippen LogP contribution in [0.2, 0.25) is 0 Å². The number of hydrogen-bond donors (Lipinski definition) is 2. The quantitative estimate of drug-likeness (QED) is 0.632. The van der Waals surface area contributed by atoms with E-state index >= 15 is 0 Å². The van der Waals surface area contributed by atoms with Crippen LogP contribution in [-0.2, 0) is 17.6 Å². The van der Waals surface area contributed by atoms with Crippen LogP contribution in [-0.4, -0.2) is 17.0 Å². The smallest absolute Gasteiger partial charge is 0.417 e. The molecular formula is C19H15BrF3NO4. The first kappa shape index (κ1) is 20.2. The molecule has 0 saturated heterocycles. The molecule has 2 N–H and O–H groups in total. The highest BCUT2D eigenvalue weighted by Crippen LogP contribution is 2.36. The molecule has 0 spiro atoms. The molecule has 148 valence electrons. The first-order valence-electron chi connectivity index (χ1n) is 8.32. The number of carboxylic acid groups (broad SMARTS) is 1. The second-order valence-corrected chi connectivity index (χ2v) is 7.23. The molecule has 5 nitrogen and oxygen atoms in total. The van der Waals surface area contributed by atoms with Crippen molar-refractivity contribution < 1.29 is 32.6 Å². The van der Waals surface area contributed by atoms with Crippen molar-refractivity contribution in [3.05, 3.63) is 57.6 Å². The van der Waals surface area contributed by atoms with E-state index in [1.807, 2.05) is 0 Å². The number of ether oxygens (including phenoxy) is 1. The lowest BCUT2D eigenvalue weighted by Gasteiger charge is -2.13. The Hall–Kier alpha value is -2.55. The van der Waals surface area contributed by atoms with Crippen LogP contribution < -0.4 is 10.1 Å². The van der Waals surface area contributed by atoms with Crippen molar-refractivity contribution in [1.82, 2.24) is 0 Å². The minimum atomic E-state index is -4.48. The summed E-state index contributed by atoms with van der Waals surface area (Å²) in [7, 11) is 0. The number of aromatic carboxylic acids is 1. The maximum Gasteiger partial charge on any atom is 0.417 e. The zero-order valence-corrected chi connectivity index (χ0v) is 15.9. The van der Waals surface area contributed by atoms with E-state index in [4.69, 9.17) is 4.74 Å². The number of halogens is 4. The molecule has 1 aliphatic carbocycles. The minimum absolute atomic E-state index is 0.0467. The third kappa shape index (κ3) is 4.83. The fraction of sp³-hybridized carbons (Fsp3) is 0.263. The monoisotopic (exact) mass is 457 g/mol. The summed E-state index contributed by atoms with van der Waals surface area (Å²) in [6.07, 6.45) is -2.89. The number of alkyl halides is 3. The second-order valence-electron chi connectivity index (χ2n) is 6.38. The molecule has 9 heteroatoms. The van der Waals surface area contributed by atoms with E-state index in [0.717, 1.165) is 18.9 Å². The summed E-state index contributed by atoms with van der Waals surface area (Å²) < 4.78 is 43.6. The Morgan fingerprint density at radius 1 is 1.18 bits per heavy atom. The lowest BCUT2D eigenvalue weighted by Crippen LogP contribution is -2.16. The van der Waals surface area contributed by atoms with Gasteiger partial charge in [0.2, 0.25) is 5.91 Å². The van der Waals surface area contributed by atoms with E-state index in [9.17, 15) is 27.9 Å². The Morgan fingerprint density at radius 3 is 2.46 bits per heavy atom. The average molecular weight is 458 g/mol. The van der Waals surface area contributed by atoms with Crippen LogP contribution in [0.5, 0.6) is 5.75 Å². The molecule has 3 rings (SSSR count). The lowest BCUT2D eigenvalue weighted by molar-refractivity contribution is -0.138.